The number of H-pyrrole nitrogens is 1. The van der Waals surface area contributed by atoms with Gasteiger partial charge in [0.1, 0.15) is 24.1 Å². The maximum absolute atomic E-state index is 13.4. The molecule has 0 bridgehead atoms. The van der Waals surface area contributed by atoms with Gasteiger partial charge in [0.15, 0.2) is 5.82 Å². The first kappa shape index (κ1) is 29.6. The van der Waals surface area contributed by atoms with Crippen molar-refractivity contribution in [3.05, 3.63) is 18.1 Å². The number of phosphoric ester groups is 1. The smallest absolute Gasteiger partial charge is 0.388 e. The summed E-state index contributed by atoms with van der Waals surface area (Å²) in [6, 6.07) is -4.22. The van der Waals surface area contributed by atoms with Crippen LogP contribution in [0.1, 0.15) is 11.6 Å². The molecule has 2 aromatic heterocycles. The van der Waals surface area contributed by atoms with E-state index in [-0.39, 0.29) is 27.3 Å². The number of fused-ring (bicyclic) bond motifs is 1. The van der Waals surface area contributed by atoms with Gasteiger partial charge in [0, 0.05) is 11.8 Å². The summed E-state index contributed by atoms with van der Waals surface area (Å²) in [7, 11) is -17.6. The molecular weight excluding hydrogens is 584 g/mol. The highest BCUT2D eigenvalue weighted by molar-refractivity contribution is 7.66. The van der Waals surface area contributed by atoms with E-state index >= 15 is 0 Å². The molecule has 9 N–H and O–H groups in total. The number of phosphoric acid groups is 3. The van der Waals surface area contributed by atoms with Crippen LogP contribution in [0.4, 0.5) is 19.0 Å². The molecule has 208 valence electrons. The second-order valence-electron chi connectivity index (χ2n) is 7.32. The van der Waals surface area contributed by atoms with Gasteiger partial charge in [0.2, 0.25) is 0 Å². The van der Waals surface area contributed by atoms with Gasteiger partial charge in [-0.1, -0.05) is 0 Å². The number of carbonyl (C=O) groups is 1. The van der Waals surface area contributed by atoms with Crippen molar-refractivity contribution in [1.82, 2.24) is 19.9 Å². The average Bonchev–Trinajstić information content (AvgIpc) is 3.22. The normalized spacial score (nSPS) is 26.2. The van der Waals surface area contributed by atoms with E-state index in [9.17, 15) is 51.7 Å². The Morgan fingerprint density at radius 1 is 1.08 bits per heavy atom. The predicted octanol–water partition coefficient (Wildman–Crippen LogP) is -0.581. The highest BCUT2D eigenvalue weighted by Crippen LogP contribution is 2.66. The lowest BCUT2D eigenvalue weighted by Gasteiger charge is -2.31. The number of rotatable bonds is 8. The summed E-state index contributed by atoms with van der Waals surface area (Å²) >= 11 is 0. The molecule has 18 nitrogen and oxygen atoms in total. The maximum Gasteiger partial charge on any atom is 0.490 e. The van der Waals surface area contributed by atoms with Crippen LogP contribution >= 0.6 is 23.5 Å². The fraction of sp³-hybridized carbons (Fsp3) is 0.462. The molecule has 6 atom stereocenters. The Kier molecular flexibility index (Phi) is 7.96. The minimum absolute atomic E-state index is 0.00955. The van der Waals surface area contributed by atoms with E-state index in [1.165, 1.54) is 0 Å². The molecule has 0 saturated carbocycles. The van der Waals surface area contributed by atoms with Crippen molar-refractivity contribution in [3.63, 3.8) is 0 Å². The summed E-state index contributed by atoms with van der Waals surface area (Å²) in [4.78, 5) is 58.1. The zero-order valence-corrected chi connectivity index (χ0v) is 20.3. The highest BCUT2D eigenvalue weighted by atomic mass is 31.3. The maximum atomic E-state index is 13.4. The van der Waals surface area contributed by atoms with E-state index in [1.807, 2.05) is 0 Å². The van der Waals surface area contributed by atoms with Crippen LogP contribution in [0.5, 0.6) is 0 Å². The number of aliphatic hydroxyl groups excluding tert-OH is 2. The molecule has 24 heteroatoms. The van der Waals surface area contributed by atoms with Gasteiger partial charge < -0.3 is 45.4 Å². The number of nitrogen functional groups attached to an aromatic ring is 1. The zero-order valence-electron chi connectivity index (χ0n) is 17.6. The number of likely N-dealkylation sites (tertiary alicyclic amines) is 1. The summed E-state index contributed by atoms with van der Waals surface area (Å²) in [5.41, 5.74) is 5.25. The molecule has 0 aromatic carbocycles. The summed E-state index contributed by atoms with van der Waals surface area (Å²) in [6.45, 7) is -1.53. The van der Waals surface area contributed by atoms with Crippen LogP contribution in [0.2, 0.25) is 0 Å². The van der Waals surface area contributed by atoms with Crippen molar-refractivity contribution in [2.75, 3.05) is 12.3 Å². The Morgan fingerprint density at radius 3 is 2.27 bits per heavy atom. The minimum Gasteiger partial charge on any atom is -0.388 e. The van der Waals surface area contributed by atoms with Crippen LogP contribution in [-0.2, 0) is 31.6 Å². The van der Waals surface area contributed by atoms with Crippen LogP contribution in [0.15, 0.2) is 12.5 Å². The molecule has 2 aromatic rings. The van der Waals surface area contributed by atoms with Crippen LogP contribution in [-0.4, -0.2) is 86.6 Å². The molecule has 3 heterocycles. The number of nitrogens with two attached hydrogens (primary N) is 1. The second kappa shape index (κ2) is 9.96. The number of aliphatic hydroxyl groups is 2. The SMILES string of the molecule is Nc1ncnc2c([C@H]3[C@H](O)[C@H](O)[C@@H](COP(=O)(O)OP(=O)(O)OP(=O)(O)O)N3C(=O)C(F)(F)F)c[nH]c12. The topological polar surface area (TPSA) is 288 Å². The number of amides is 1. The molecule has 3 rings (SSSR count). The quantitative estimate of drug-likeness (QED) is 0.176. The number of nitrogens with one attached hydrogen (secondary N) is 1. The lowest BCUT2D eigenvalue weighted by Crippen LogP contribution is -2.48. The third-order valence-electron chi connectivity index (χ3n) is 4.87. The van der Waals surface area contributed by atoms with Gasteiger partial charge in [0.05, 0.1) is 24.2 Å². The van der Waals surface area contributed by atoms with Gasteiger partial charge >= 0.3 is 35.6 Å². The third kappa shape index (κ3) is 6.54. The van der Waals surface area contributed by atoms with Gasteiger partial charge in [-0.15, -0.1) is 0 Å². The Labute approximate surface area is 202 Å². The van der Waals surface area contributed by atoms with Crippen LogP contribution < -0.4 is 5.73 Å². The van der Waals surface area contributed by atoms with Gasteiger partial charge in [-0.25, -0.2) is 23.7 Å². The van der Waals surface area contributed by atoms with E-state index in [2.05, 4.69) is 28.1 Å². The number of hydrogen-bond donors (Lipinski definition) is 8. The summed E-state index contributed by atoms with van der Waals surface area (Å²) in [5.74, 6) is -2.79. The van der Waals surface area contributed by atoms with Gasteiger partial charge in [-0.05, 0) is 0 Å². The van der Waals surface area contributed by atoms with Crippen LogP contribution in [0, 0.1) is 0 Å². The average molecular weight is 601 g/mol. The molecular formula is C13H17F3N5O13P3. The predicted molar refractivity (Wildman–Crippen MR) is 110 cm³/mol. The first-order chi connectivity index (χ1) is 16.7. The van der Waals surface area contributed by atoms with Crippen LogP contribution in [0.3, 0.4) is 0 Å². The highest BCUT2D eigenvalue weighted by Gasteiger charge is 2.57. The lowest BCUT2D eigenvalue weighted by molar-refractivity contribution is -0.190. The Bertz CT molecular complexity index is 1330. The Morgan fingerprint density at radius 2 is 1.70 bits per heavy atom. The zero-order chi connectivity index (χ0) is 28.1. The van der Waals surface area contributed by atoms with Crippen molar-refractivity contribution in [1.29, 1.82) is 0 Å². The van der Waals surface area contributed by atoms with E-state index in [0.29, 0.717) is 0 Å². The van der Waals surface area contributed by atoms with Crippen LogP contribution in [0.25, 0.3) is 11.0 Å². The minimum atomic E-state index is -5.97. The van der Waals surface area contributed by atoms with E-state index < -0.39 is 66.5 Å². The fourth-order valence-electron chi connectivity index (χ4n) is 3.56. The largest absolute Gasteiger partial charge is 0.490 e. The number of alkyl halides is 3. The van der Waals surface area contributed by atoms with Crippen molar-refractivity contribution in [3.8, 4) is 0 Å². The molecule has 37 heavy (non-hydrogen) atoms. The molecule has 1 fully saturated rings. The standard InChI is InChI=1S/C13H17F3N5O13P3/c14-13(15,16)12(24)21-5(2-32-36(28,29)34-37(30,31)33-35(25,26)27)9(22)10(23)8(21)4-1-18-7-6(4)19-3-20-11(7)17/h1,3,5,8-10,18,22-23H,2H2,(H,28,29)(H,30,31)(H2,17,19,20)(H2,25,26,27)/t5-,8+,9-,10+/m1/s1. The van der Waals surface area contributed by atoms with E-state index in [1.54, 1.807) is 0 Å². The second-order valence-corrected chi connectivity index (χ2v) is 11.7. The first-order valence-corrected chi connectivity index (χ1v) is 13.9. The summed E-state index contributed by atoms with van der Waals surface area (Å²) < 4.78 is 85.7. The number of anilines is 1. The Balaban J connectivity index is 1.96. The fourth-order valence-corrected chi connectivity index (χ4v) is 6.60. The molecule has 0 spiro atoms. The molecule has 1 amide bonds. The van der Waals surface area contributed by atoms with Gasteiger partial charge in [-0.3, -0.25) is 9.32 Å². The summed E-state index contributed by atoms with van der Waals surface area (Å²) in [6.07, 6.45) is -8.09. The molecule has 1 aliphatic rings. The van der Waals surface area contributed by atoms with E-state index in [0.717, 1.165) is 12.5 Å². The third-order valence-corrected chi connectivity index (χ3v) is 8.67. The van der Waals surface area contributed by atoms with Crippen molar-refractivity contribution >= 4 is 46.2 Å². The van der Waals surface area contributed by atoms with Gasteiger partial charge in [-0.2, -0.15) is 21.8 Å². The number of hydrogen-bond acceptors (Lipinski definition) is 12. The monoisotopic (exact) mass is 601 g/mol. The number of halogens is 3. The molecule has 0 radical (unpaired) electrons. The molecule has 1 saturated heterocycles. The van der Waals surface area contributed by atoms with Gasteiger partial charge in [0.25, 0.3) is 0 Å². The molecule has 2 unspecified atom stereocenters. The summed E-state index contributed by atoms with van der Waals surface area (Å²) in [5, 5.41) is 21.0. The lowest BCUT2D eigenvalue weighted by atomic mass is 10.0. The number of nitrogens with zero attached hydrogens (tertiary/aromatic N) is 3. The van der Waals surface area contributed by atoms with Crippen molar-refractivity contribution in [2.24, 2.45) is 0 Å². The number of carbonyl (C=O) groups excluding carboxylic acids is 1. The van der Waals surface area contributed by atoms with E-state index in [4.69, 9.17) is 15.5 Å². The Hall–Kier alpha value is -1.99. The van der Waals surface area contributed by atoms with Crippen molar-refractivity contribution < 1.29 is 74.6 Å². The first-order valence-electron chi connectivity index (χ1n) is 9.35. The number of aromatic amines is 1. The molecule has 1 aliphatic heterocycles. The number of aromatic nitrogens is 3. The molecule has 0 aliphatic carbocycles. The van der Waals surface area contributed by atoms with Crippen molar-refractivity contribution in [2.45, 2.75) is 30.5 Å².